The fraction of sp³-hybridized carbons (Fsp3) is 0.833. The predicted molar refractivity (Wildman–Crippen MR) is 32.5 cm³/mol. The highest BCUT2D eigenvalue weighted by molar-refractivity contribution is 5.80. The van der Waals surface area contributed by atoms with Crippen LogP contribution >= 0.6 is 0 Å². The number of nitrogens with one attached hydrogen (secondary N) is 1. The Labute approximate surface area is 50.1 Å². The molecule has 0 fully saturated rings. The SMILES string of the molecule is CCC[C@H]([NH])C(C)=O. The molecule has 2 nitrogen and oxygen atoms in total. The van der Waals surface area contributed by atoms with Crippen molar-refractivity contribution in [3.63, 3.8) is 0 Å². The van der Waals surface area contributed by atoms with Crippen molar-refractivity contribution in [2.45, 2.75) is 32.7 Å². The highest BCUT2D eigenvalue weighted by Gasteiger charge is 2.05. The number of Topliss-reactive ketones (excluding diaryl/α,β-unsaturated/α-hetero) is 1. The molecule has 0 aliphatic heterocycles. The van der Waals surface area contributed by atoms with Crippen molar-refractivity contribution in [1.82, 2.24) is 5.73 Å². The first kappa shape index (κ1) is 7.63. The molecule has 0 heterocycles. The van der Waals surface area contributed by atoms with E-state index in [2.05, 4.69) is 0 Å². The second-order valence-corrected chi connectivity index (χ2v) is 1.95. The molecule has 0 aliphatic rings. The number of carbonyl (C=O) groups excluding carboxylic acids is 1. The molecule has 0 aromatic rings. The van der Waals surface area contributed by atoms with E-state index < -0.39 is 6.04 Å². The van der Waals surface area contributed by atoms with E-state index in [9.17, 15) is 4.79 Å². The lowest BCUT2D eigenvalue weighted by atomic mass is 10.1. The highest BCUT2D eigenvalue weighted by Crippen LogP contribution is 1.94. The van der Waals surface area contributed by atoms with Crippen LogP contribution in [-0.4, -0.2) is 11.8 Å². The fourth-order valence-corrected chi connectivity index (χ4v) is 0.492. The molecule has 8 heavy (non-hydrogen) atoms. The van der Waals surface area contributed by atoms with Crippen molar-refractivity contribution in [3.8, 4) is 0 Å². The van der Waals surface area contributed by atoms with E-state index in [1.165, 1.54) is 6.92 Å². The molecular formula is C6H12NO. The first-order valence-corrected chi connectivity index (χ1v) is 2.90. The molecule has 0 aliphatic carbocycles. The molecule has 0 saturated carbocycles. The lowest BCUT2D eigenvalue weighted by Crippen LogP contribution is -2.17. The van der Waals surface area contributed by atoms with E-state index in [4.69, 9.17) is 5.73 Å². The zero-order valence-electron chi connectivity index (χ0n) is 5.40. The lowest BCUT2D eigenvalue weighted by Gasteiger charge is -2.00. The van der Waals surface area contributed by atoms with Crippen molar-refractivity contribution < 1.29 is 4.79 Å². The van der Waals surface area contributed by atoms with Crippen molar-refractivity contribution in [3.05, 3.63) is 0 Å². The molecule has 47 valence electrons. The monoisotopic (exact) mass is 114 g/mol. The maximum Gasteiger partial charge on any atom is 0.148 e. The molecule has 0 spiro atoms. The van der Waals surface area contributed by atoms with Gasteiger partial charge in [-0.2, -0.15) is 0 Å². The first-order valence-electron chi connectivity index (χ1n) is 2.90. The topological polar surface area (TPSA) is 40.9 Å². The van der Waals surface area contributed by atoms with Gasteiger partial charge in [0, 0.05) is 0 Å². The van der Waals surface area contributed by atoms with Crippen LogP contribution in [0.15, 0.2) is 0 Å². The summed E-state index contributed by atoms with van der Waals surface area (Å²) in [4.78, 5) is 10.3. The molecule has 1 radical (unpaired) electrons. The average molecular weight is 114 g/mol. The van der Waals surface area contributed by atoms with Crippen LogP contribution in [0, 0.1) is 0 Å². The summed E-state index contributed by atoms with van der Waals surface area (Å²) in [6.07, 6.45) is 1.63. The van der Waals surface area contributed by atoms with Gasteiger partial charge in [0.2, 0.25) is 0 Å². The van der Waals surface area contributed by atoms with Gasteiger partial charge < -0.3 is 0 Å². The Bertz CT molecular complexity index is 80.6. The summed E-state index contributed by atoms with van der Waals surface area (Å²) in [5.41, 5.74) is 7.08. The van der Waals surface area contributed by atoms with E-state index >= 15 is 0 Å². The van der Waals surface area contributed by atoms with Crippen LogP contribution in [-0.2, 0) is 4.79 Å². The Balaban J connectivity index is 3.32. The minimum Gasteiger partial charge on any atom is -0.298 e. The van der Waals surface area contributed by atoms with Crippen molar-refractivity contribution in [2.75, 3.05) is 0 Å². The van der Waals surface area contributed by atoms with Crippen LogP contribution in [0.5, 0.6) is 0 Å². The molecule has 1 atom stereocenters. The minimum absolute atomic E-state index is 0.0214. The Morgan fingerprint density at radius 1 is 1.75 bits per heavy atom. The van der Waals surface area contributed by atoms with E-state index in [0.717, 1.165) is 6.42 Å². The number of hydrogen-bond donors (Lipinski definition) is 0. The summed E-state index contributed by atoms with van der Waals surface area (Å²) in [6.45, 7) is 3.44. The molecule has 0 rings (SSSR count). The number of carbonyl (C=O) groups is 1. The lowest BCUT2D eigenvalue weighted by molar-refractivity contribution is -0.118. The summed E-state index contributed by atoms with van der Waals surface area (Å²) in [6, 6.07) is -0.472. The van der Waals surface area contributed by atoms with E-state index in [1.54, 1.807) is 0 Å². The van der Waals surface area contributed by atoms with Crippen LogP contribution in [0.3, 0.4) is 0 Å². The smallest absolute Gasteiger partial charge is 0.148 e. The van der Waals surface area contributed by atoms with Crippen molar-refractivity contribution in [2.24, 2.45) is 0 Å². The molecule has 0 saturated heterocycles. The van der Waals surface area contributed by atoms with Crippen LogP contribution in [0.4, 0.5) is 0 Å². The minimum atomic E-state index is -0.472. The predicted octanol–water partition coefficient (Wildman–Crippen LogP) is 1.03. The van der Waals surface area contributed by atoms with Gasteiger partial charge >= 0.3 is 0 Å². The van der Waals surface area contributed by atoms with Gasteiger partial charge in [-0.1, -0.05) is 13.3 Å². The van der Waals surface area contributed by atoms with Gasteiger partial charge in [-0.15, -0.1) is 0 Å². The van der Waals surface area contributed by atoms with Crippen LogP contribution in [0.2, 0.25) is 0 Å². The highest BCUT2D eigenvalue weighted by atomic mass is 16.1. The zero-order chi connectivity index (χ0) is 6.57. The van der Waals surface area contributed by atoms with Gasteiger partial charge in [-0.3, -0.25) is 4.79 Å². The third kappa shape index (κ3) is 2.75. The van der Waals surface area contributed by atoms with Crippen molar-refractivity contribution >= 4 is 5.78 Å². The van der Waals surface area contributed by atoms with E-state index in [0.29, 0.717) is 6.42 Å². The molecule has 2 heteroatoms. The second kappa shape index (κ2) is 3.61. The number of rotatable bonds is 3. The molecule has 0 amide bonds. The third-order valence-electron chi connectivity index (χ3n) is 1.07. The normalized spacial score (nSPS) is 13.4. The Kier molecular flexibility index (Phi) is 3.44. The second-order valence-electron chi connectivity index (χ2n) is 1.95. The fourth-order valence-electron chi connectivity index (χ4n) is 0.492. The van der Waals surface area contributed by atoms with Gasteiger partial charge in [0.15, 0.2) is 0 Å². The molecule has 0 bridgehead atoms. The standard InChI is InChI=1S/C6H12NO/c1-3-4-6(7)5(2)8/h6-7H,3-4H2,1-2H3/t6-/m0/s1. The molecule has 0 aromatic heterocycles. The van der Waals surface area contributed by atoms with Crippen molar-refractivity contribution in [1.29, 1.82) is 0 Å². The van der Waals surface area contributed by atoms with Crippen LogP contribution in [0.25, 0.3) is 0 Å². The first-order chi connectivity index (χ1) is 3.68. The van der Waals surface area contributed by atoms with Gasteiger partial charge in [0.05, 0.1) is 6.04 Å². The maximum absolute atomic E-state index is 10.3. The van der Waals surface area contributed by atoms with E-state index in [1.807, 2.05) is 6.92 Å². The molecular weight excluding hydrogens is 102 g/mol. The van der Waals surface area contributed by atoms with Crippen LogP contribution in [0.1, 0.15) is 26.7 Å². The van der Waals surface area contributed by atoms with Crippen LogP contribution < -0.4 is 5.73 Å². The third-order valence-corrected chi connectivity index (χ3v) is 1.07. The average Bonchev–Trinajstić information content (AvgIpc) is 1.67. The van der Waals surface area contributed by atoms with Gasteiger partial charge in [-0.05, 0) is 13.3 Å². The molecule has 1 N–H and O–H groups in total. The summed E-state index contributed by atoms with van der Waals surface area (Å²) in [7, 11) is 0. The van der Waals surface area contributed by atoms with Gasteiger partial charge in [0.25, 0.3) is 0 Å². The summed E-state index contributed by atoms with van der Waals surface area (Å²) < 4.78 is 0. The Hall–Kier alpha value is -0.370. The number of ketones is 1. The summed E-state index contributed by atoms with van der Waals surface area (Å²) >= 11 is 0. The summed E-state index contributed by atoms with van der Waals surface area (Å²) in [5.74, 6) is -0.0214. The zero-order valence-corrected chi connectivity index (χ0v) is 5.40. The quantitative estimate of drug-likeness (QED) is 0.540. The largest absolute Gasteiger partial charge is 0.298 e. The molecule has 0 aromatic carbocycles. The maximum atomic E-state index is 10.3. The Morgan fingerprint density at radius 2 is 2.25 bits per heavy atom. The molecule has 0 unspecified atom stereocenters. The number of hydrogen-bond acceptors (Lipinski definition) is 1. The van der Waals surface area contributed by atoms with Gasteiger partial charge in [0.1, 0.15) is 5.78 Å². The van der Waals surface area contributed by atoms with E-state index in [-0.39, 0.29) is 5.78 Å². The summed E-state index contributed by atoms with van der Waals surface area (Å²) in [5, 5.41) is 0. The van der Waals surface area contributed by atoms with Gasteiger partial charge in [-0.25, -0.2) is 5.73 Å². The Morgan fingerprint density at radius 3 is 2.38 bits per heavy atom.